The maximum Gasteiger partial charge on any atom is 0.333 e. The molecule has 4 heterocycles. The van der Waals surface area contributed by atoms with Crippen molar-refractivity contribution in [3.05, 3.63) is 64.8 Å². The molecule has 6 rings (SSSR count). The minimum absolute atomic E-state index is 0.0330. The van der Waals surface area contributed by atoms with Crippen molar-refractivity contribution in [3.8, 4) is 11.1 Å². The number of benzene rings is 1. The van der Waals surface area contributed by atoms with Crippen LogP contribution in [0.1, 0.15) is 55.8 Å². The Balaban J connectivity index is 1.33. The summed E-state index contributed by atoms with van der Waals surface area (Å²) in [4.78, 5) is 20.3. The number of sulfonamides is 1. The number of aryl methyl sites for hydroxylation is 1. The number of carbonyl (C=O) groups excluding carboxylic acids is 1. The molecule has 0 radical (unpaired) electrons. The number of thiophene rings is 1. The van der Waals surface area contributed by atoms with Gasteiger partial charge in [0, 0.05) is 29.4 Å². The van der Waals surface area contributed by atoms with Crippen LogP contribution in [0.25, 0.3) is 22.2 Å². The highest BCUT2D eigenvalue weighted by Crippen LogP contribution is 2.41. The van der Waals surface area contributed by atoms with Gasteiger partial charge >= 0.3 is 6.03 Å². The molecule has 216 valence electrons. The minimum Gasteiger partial charge on any atom is -0.386 e. The number of pyridine rings is 1. The molecule has 0 unspecified atom stereocenters. The molecule has 1 saturated heterocycles. The number of piperidine rings is 1. The van der Waals surface area contributed by atoms with Crippen molar-refractivity contribution in [2.45, 2.75) is 61.8 Å². The zero-order valence-electron chi connectivity index (χ0n) is 23.5. The third-order valence-corrected chi connectivity index (χ3v) is 11.1. The molecule has 3 N–H and O–H groups in total. The first kappa shape index (κ1) is 27.9. The van der Waals surface area contributed by atoms with Gasteiger partial charge in [-0.05, 0) is 112 Å². The van der Waals surface area contributed by atoms with Gasteiger partial charge in [0.15, 0.2) is 0 Å². The molecular formula is C30H35N5O4S2. The Labute approximate surface area is 244 Å². The summed E-state index contributed by atoms with van der Waals surface area (Å²) in [6.45, 7) is 5.26. The maximum atomic E-state index is 13.2. The fraction of sp³-hybridized carbons (Fsp3) is 0.400. The number of fused-ring (bicyclic) bond motifs is 2. The van der Waals surface area contributed by atoms with Crippen molar-refractivity contribution in [3.63, 3.8) is 0 Å². The number of likely N-dealkylation sites (tertiary alicyclic amines) is 1. The molecule has 4 aromatic rings. The van der Waals surface area contributed by atoms with E-state index < -0.39 is 21.7 Å². The van der Waals surface area contributed by atoms with Crippen LogP contribution in [-0.2, 0) is 28.5 Å². The number of amides is 2. The fourth-order valence-electron chi connectivity index (χ4n) is 5.98. The molecule has 1 aliphatic heterocycles. The molecule has 2 aliphatic rings. The molecule has 2 amide bonds. The van der Waals surface area contributed by atoms with Gasteiger partial charge in [0.25, 0.3) is 10.0 Å². The van der Waals surface area contributed by atoms with E-state index in [1.54, 1.807) is 19.2 Å². The van der Waals surface area contributed by atoms with Crippen LogP contribution in [0.3, 0.4) is 0 Å². The zero-order valence-corrected chi connectivity index (χ0v) is 25.1. The number of hydrogen-bond donors (Lipinski definition) is 3. The monoisotopic (exact) mass is 593 g/mol. The second kappa shape index (κ2) is 10.5. The smallest absolute Gasteiger partial charge is 0.333 e. The molecule has 1 aliphatic carbocycles. The van der Waals surface area contributed by atoms with Crippen LogP contribution in [0.15, 0.2) is 52.3 Å². The van der Waals surface area contributed by atoms with Crippen LogP contribution in [0.2, 0.25) is 0 Å². The second-order valence-corrected chi connectivity index (χ2v) is 14.4. The Morgan fingerprint density at radius 3 is 2.63 bits per heavy atom. The quantitative estimate of drug-likeness (QED) is 0.281. The first-order chi connectivity index (χ1) is 19.5. The van der Waals surface area contributed by atoms with Crippen molar-refractivity contribution >= 4 is 44.1 Å². The number of rotatable bonds is 6. The Hall–Kier alpha value is -3.25. The lowest BCUT2D eigenvalue weighted by Gasteiger charge is -2.30. The Morgan fingerprint density at radius 2 is 1.90 bits per heavy atom. The average Bonchev–Trinajstić information content (AvgIpc) is 3.68. The third kappa shape index (κ3) is 5.39. The molecule has 0 atom stereocenters. The first-order valence-electron chi connectivity index (χ1n) is 14.0. The van der Waals surface area contributed by atoms with E-state index in [9.17, 15) is 18.3 Å². The van der Waals surface area contributed by atoms with E-state index in [1.807, 2.05) is 18.3 Å². The van der Waals surface area contributed by atoms with Crippen molar-refractivity contribution in [1.29, 1.82) is 0 Å². The van der Waals surface area contributed by atoms with E-state index in [-0.39, 0.29) is 4.21 Å². The van der Waals surface area contributed by atoms with Crippen LogP contribution in [0.4, 0.5) is 10.5 Å². The normalized spacial score (nSPS) is 16.7. The van der Waals surface area contributed by atoms with E-state index in [1.165, 1.54) is 6.07 Å². The van der Waals surface area contributed by atoms with Crippen LogP contribution < -0.4 is 10.0 Å². The van der Waals surface area contributed by atoms with Gasteiger partial charge in [0.2, 0.25) is 0 Å². The number of nitrogens with zero attached hydrogens (tertiary/aromatic N) is 3. The summed E-state index contributed by atoms with van der Waals surface area (Å²) in [5, 5.41) is 15.7. The Morgan fingerprint density at radius 1 is 1.12 bits per heavy atom. The predicted molar refractivity (Wildman–Crippen MR) is 162 cm³/mol. The molecule has 0 saturated carbocycles. The summed E-state index contributed by atoms with van der Waals surface area (Å²) >= 11 is 0.965. The highest BCUT2D eigenvalue weighted by molar-refractivity contribution is 7.92. The summed E-state index contributed by atoms with van der Waals surface area (Å²) in [7, 11) is -1.98. The maximum absolute atomic E-state index is 13.2. The number of hydrogen-bond acceptors (Lipinski definition) is 7. The lowest BCUT2D eigenvalue weighted by molar-refractivity contribution is 0.0789. The van der Waals surface area contributed by atoms with Crippen molar-refractivity contribution in [1.82, 2.24) is 19.2 Å². The molecule has 9 nitrogen and oxygen atoms in total. The fourth-order valence-corrected chi connectivity index (χ4v) is 8.23. The number of aliphatic hydroxyl groups is 1. The zero-order chi connectivity index (χ0) is 28.9. The number of carbonyl (C=O) groups is 1. The van der Waals surface area contributed by atoms with Crippen LogP contribution in [0, 0.1) is 0 Å². The van der Waals surface area contributed by atoms with Gasteiger partial charge in [0.05, 0.1) is 11.3 Å². The number of aromatic nitrogens is 2. The first-order valence-corrected chi connectivity index (χ1v) is 16.3. The summed E-state index contributed by atoms with van der Waals surface area (Å²) in [5.74, 6) is 0. The molecule has 3 aromatic heterocycles. The standard InChI is InChI=1S/C30H35N5O4S2/c1-30(2,37)20-17-26(40-18-20)41(38,39)33-29(36)32-27-22-6-4-5-19(22)7-8-24(27)23-9-13-31-28-25(23)12-16-35(28)21-10-14-34(3)15-11-21/h7-9,12-13,16-18,21,37H,4-6,10-11,14-15H2,1-3H3,(H2,32,33,36). The van der Waals surface area contributed by atoms with E-state index in [0.717, 1.165) is 89.8 Å². The van der Waals surface area contributed by atoms with E-state index in [4.69, 9.17) is 4.98 Å². The highest BCUT2D eigenvalue weighted by Gasteiger charge is 2.27. The van der Waals surface area contributed by atoms with Gasteiger partial charge in [-0.1, -0.05) is 12.1 Å². The third-order valence-electron chi connectivity index (χ3n) is 8.28. The molecule has 1 aromatic carbocycles. The molecule has 41 heavy (non-hydrogen) atoms. The van der Waals surface area contributed by atoms with Crippen LogP contribution in [-0.4, -0.2) is 54.1 Å². The molecule has 0 spiro atoms. The second-order valence-electron chi connectivity index (χ2n) is 11.6. The lowest BCUT2D eigenvalue weighted by Crippen LogP contribution is -2.34. The molecule has 1 fully saturated rings. The molecule has 11 heteroatoms. The van der Waals surface area contributed by atoms with E-state index in [0.29, 0.717) is 17.3 Å². The van der Waals surface area contributed by atoms with Gasteiger partial charge in [0.1, 0.15) is 9.86 Å². The van der Waals surface area contributed by atoms with Gasteiger partial charge in [-0.3, -0.25) is 0 Å². The Bertz CT molecular complexity index is 1730. The van der Waals surface area contributed by atoms with Gasteiger partial charge < -0.3 is 19.9 Å². The van der Waals surface area contributed by atoms with E-state index in [2.05, 4.69) is 44.9 Å². The summed E-state index contributed by atoms with van der Waals surface area (Å²) in [5.41, 5.74) is 4.82. The summed E-state index contributed by atoms with van der Waals surface area (Å²) in [6, 6.07) is 9.14. The largest absolute Gasteiger partial charge is 0.386 e. The van der Waals surface area contributed by atoms with Crippen molar-refractivity contribution < 1.29 is 18.3 Å². The predicted octanol–water partition coefficient (Wildman–Crippen LogP) is 5.26. The van der Waals surface area contributed by atoms with Crippen LogP contribution in [0.5, 0.6) is 0 Å². The average molecular weight is 594 g/mol. The number of nitrogens with one attached hydrogen (secondary N) is 2. The van der Waals surface area contributed by atoms with Gasteiger partial charge in [-0.25, -0.2) is 22.9 Å². The summed E-state index contributed by atoms with van der Waals surface area (Å²) < 4.78 is 30.5. The van der Waals surface area contributed by atoms with Gasteiger partial charge in [-0.2, -0.15) is 0 Å². The minimum atomic E-state index is -4.13. The highest BCUT2D eigenvalue weighted by atomic mass is 32.2. The molecule has 0 bridgehead atoms. The van der Waals surface area contributed by atoms with Crippen molar-refractivity contribution in [2.75, 3.05) is 25.5 Å². The lowest BCUT2D eigenvalue weighted by atomic mass is 9.96. The summed E-state index contributed by atoms with van der Waals surface area (Å²) in [6.07, 6.45) is 8.73. The van der Waals surface area contributed by atoms with Gasteiger partial charge in [-0.15, -0.1) is 11.3 Å². The van der Waals surface area contributed by atoms with Crippen LogP contribution >= 0.6 is 11.3 Å². The SMILES string of the molecule is CN1CCC(n2ccc3c(-c4ccc5c(c4NC(=O)NS(=O)(=O)c4cc(C(C)(C)O)cs4)CCC5)ccnc32)CC1. The van der Waals surface area contributed by atoms with E-state index >= 15 is 0 Å². The molecular weight excluding hydrogens is 558 g/mol. The Kier molecular flexibility index (Phi) is 7.17. The topological polar surface area (TPSA) is 117 Å². The van der Waals surface area contributed by atoms with Crippen molar-refractivity contribution in [2.24, 2.45) is 0 Å². The number of anilines is 1. The number of urea groups is 1.